The van der Waals surface area contributed by atoms with E-state index in [1.54, 1.807) is 29.1 Å². The number of aliphatic hydroxyl groups excluding tert-OH is 1. The van der Waals surface area contributed by atoms with E-state index in [9.17, 15) is 14.8 Å². The monoisotopic (exact) mass is 418 g/mol. The summed E-state index contributed by atoms with van der Waals surface area (Å²) < 4.78 is 21.9. The second-order valence-corrected chi connectivity index (χ2v) is 8.11. The van der Waals surface area contributed by atoms with E-state index in [-0.39, 0.29) is 16.7 Å². The Morgan fingerprint density at radius 3 is 2.90 bits per heavy atom. The number of nitriles is 1. The Kier molecular flexibility index (Phi) is 4.36. The number of nitrogens with one attached hydrogen (secondary N) is 1. The van der Waals surface area contributed by atoms with E-state index < -0.39 is 12.0 Å². The van der Waals surface area contributed by atoms with Gasteiger partial charge in [-0.25, -0.2) is 14.1 Å². The first-order chi connectivity index (χ1) is 14.9. The van der Waals surface area contributed by atoms with Gasteiger partial charge in [0.2, 0.25) is 5.90 Å². The van der Waals surface area contributed by atoms with E-state index in [1.165, 1.54) is 12.1 Å². The fourth-order valence-electron chi connectivity index (χ4n) is 3.80. The van der Waals surface area contributed by atoms with E-state index in [2.05, 4.69) is 20.4 Å². The fraction of sp³-hybridized carbons (Fsp3) is 0.273. The molecule has 8 nitrogen and oxygen atoms in total. The average Bonchev–Trinajstić information content (AvgIpc) is 3.46. The lowest BCUT2D eigenvalue weighted by atomic mass is 10.0. The van der Waals surface area contributed by atoms with Crippen molar-refractivity contribution in [2.75, 3.05) is 6.61 Å². The third kappa shape index (κ3) is 3.26. The molecule has 0 bridgehead atoms. The number of hydrogen-bond acceptors (Lipinski definition) is 7. The quantitative estimate of drug-likeness (QED) is 0.677. The van der Waals surface area contributed by atoms with Gasteiger partial charge >= 0.3 is 0 Å². The number of pyridine rings is 1. The Labute approximate surface area is 177 Å². The molecule has 3 aromatic rings. The predicted molar refractivity (Wildman–Crippen MR) is 110 cm³/mol. The Balaban J connectivity index is 1.66. The second-order valence-electron chi connectivity index (χ2n) is 8.11. The van der Waals surface area contributed by atoms with E-state index in [0.717, 1.165) is 0 Å². The first kappa shape index (κ1) is 19.4. The van der Waals surface area contributed by atoms with E-state index in [1.807, 2.05) is 19.9 Å². The average molecular weight is 418 g/mol. The normalized spacial score (nSPS) is 18.9. The number of rotatable bonds is 3. The maximum absolute atomic E-state index is 14.7. The Morgan fingerprint density at radius 1 is 1.32 bits per heavy atom. The lowest BCUT2D eigenvalue weighted by molar-refractivity contribution is 0.151. The van der Waals surface area contributed by atoms with Crippen molar-refractivity contribution in [1.29, 1.82) is 5.26 Å². The maximum Gasteiger partial charge on any atom is 0.237 e. The zero-order valence-electron chi connectivity index (χ0n) is 16.9. The number of hydrogen-bond donors (Lipinski definition) is 2. The van der Waals surface area contributed by atoms with Crippen molar-refractivity contribution in [3.05, 3.63) is 64.9 Å². The maximum atomic E-state index is 14.7. The molecule has 2 aliphatic rings. The molecule has 9 heteroatoms. The molecule has 31 heavy (non-hydrogen) atoms. The summed E-state index contributed by atoms with van der Waals surface area (Å²) in [6.07, 6.45) is 0.790. The lowest BCUT2D eigenvalue weighted by Gasteiger charge is -2.14. The molecule has 5 rings (SSSR count). The van der Waals surface area contributed by atoms with Gasteiger partial charge in [-0.3, -0.25) is 10.3 Å². The highest BCUT2D eigenvalue weighted by molar-refractivity contribution is 5.93. The van der Waals surface area contributed by atoms with Crippen molar-refractivity contribution in [3.63, 3.8) is 0 Å². The number of nitrogens with zero attached hydrogens (tertiary/aromatic N) is 5. The number of aliphatic hydroxyl groups is 1. The molecule has 2 N–H and O–H groups in total. The van der Waals surface area contributed by atoms with Crippen LogP contribution in [0.5, 0.6) is 0 Å². The van der Waals surface area contributed by atoms with Crippen molar-refractivity contribution < 1.29 is 14.2 Å². The van der Waals surface area contributed by atoms with Crippen LogP contribution >= 0.6 is 0 Å². The molecule has 1 unspecified atom stereocenters. The van der Waals surface area contributed by atoms with Crippen LogP contribution in [0, 0.1) is 17.1 Å². The summed E-state index contributed by atoms with van der Waals surface area (Å²) >= 11 is 0. The SMILES string of the molecule is CC1(C)COC(c2ccn(-c3cc(-c4c(F)cccc4C#N)nc4c3C(O)NC4)n2)=N1. The fourth-order valence-corrected chi connectivity index (χ4v) is 3.80. The minimum atomic E-state index is -0.936. The molecule has 0 amide bonds. The van der Waals surface area contributed by atoms with Gasteiger partial charge in [0, 0.05) is 18.3 Å². The Hall–Kier alpha value is -3.61. The molecule has 2 aromatic heterocycles. The molecular weight excluding hydrogens is 399 g/mol. The Morgan fingerprint density at radius 2 is 2.16 bits per heavy atom. The number of halogens is 1. The van der Waals surface area contributed by atoms with Crippen molar-refractivity contribution in [1.82, 2.24) is 20.1 Å². The van der Waals surface area contributed by atoms with Gasteiger partial charge in [0.25, 0.3) is 0 Å². The number of aromatic nitrogens is 3. The van der Waals surface area contributed by atoms with Gasteiger partial charge in [-0.2, -0.15) is 10.4 Å². The molecule has 0 spiro atoms. The van der Waals surface area contributed by atoms with Crippen LogP contribution in [0.15, 0.2) is 41.5 Å². The molecular formula is C22H19FN6O2. The summed E-state index contributed by atoms with van der Waals surface area (Å²) in [5.74, 6) is -0.0877. The van der Waals surface area contributed by atoms with Crippen LogP contribution in [0.2, 0.25) is 0 Å². The summed E-state index contributed by atoms with van der Waals surface area (Å²) in [7, 11) is 0. The largest absolute Gasteiger partial charge is 0.474 e. The highest BCUT2D eigenvalue weighted by Crippen LogP contribution is 2.34. The molecule has 0 fully saturated rings. The smallest absolute Gasteiger partial charge is 0.237 e. The van der Waals surface area contributed by atoms with Crippen LogP contribution in [-0.2, 0) is 11.3 Å². The highest BCUT2D eigenvalue weighted by Gasteiger charge is 2.30. The van der Waals surface area contributed by atoms with Gasteiger partial charge in [0.05, 0.1) is 39.8 Å². The molecule has 1 aromatic carbocycles. The highest BCUT2D eigenvalue weighted by atomic mass is 19.1. The second kappa shape index (κ2) is 6.97. The van der Waals surface area contributed by atoms with E-state index >= 15 is 0 Å². The lowest BCUT2D eigenvalue weighted by Crippen LogP contribution is -2.17. The van der Waals surface area contributed by atoms with Gasteiger partial charge in [0.1, 0.15) is 24.3 Å². The van der Waals surface area contributed by atoms with Gasteiger partial charge in [-0.1, -0.05) is 6.07 Å². The van der Waals surface area contributed by atoms with Crippen molar-refractivity contribution >= 4 is 5.90 Å². The van der Waals surface area contributed by atoms with E-state index in [0.29, 0.717) is 47.4 Å². The van der Waals surface area contributed by atoms with Crippen molar-refractivity contribution in [3.8, 4) is 23.0 Å². The van der Waals surface area contributed by atoms with Crippen LogP contribution in [0.3, 0.4) is 0 Å². The Bertz CT molecular complexity index is 1270. The summed E-state index contributed by atoms with van der Waals surface area (Å²) in [5, 5.41) is 27.4. The topological polar surface area (TPSA) is 108 Å². The minimum Gasteiger partial charge on any atom is -0.474 e. The molecule has 0 saturated carbocycles. The zero-order chi connectivity index (χ0) is 21.8. The first-order valence-corrected chi connectivity index (χ1v) is 9.79. The van der Waals surface area contributed by atoms with Crippen LogP contribution in [0.1, 0.15) is 42.6 Å². The van der Waals surface area contributed by atoms with Crippen molar-refractivity contribution in [2.24, 2.45) is 4.99 Å². The van der Waals surface area contributed by atoms with Gasteiger partial charge in [-0.15, -0.1) is 0 Å². The number of benzene rings is 1. The van der Waals surface area contributed by atoms with Gasteiger partial charge < -0.3 is 9.84 Å². The van der Waals surface area contributed by atoms with Crippen LogP contribution in [0.25, 0.3) is 16.9 Å². The number of aliphatic imine (C=N–C) groups is 1. The standard InChI is InChI=1S/C22H19FN6O2/c1-22(2)11-31-21(27-22)14-6-7-29(28-14)17-8-15(26-16-10-25-20(30)19(16)17)18-12(9-24)4-3-5-13(18)23/h3-8,20,25,30H,10-11H2,1-2H3. The summed E-state index contributed by atoms with van der Waals surface area (Å²) in [4.78, 5) is 9.07. The number of fused-ring (bicyclic) bond motifs is 1. The molecule has 4 heterocycles. The van der Waals surface area contributed by atoms with Crippen LogP contribution in [0.4, 0.5) is 4.39 Å². The summed E-state index contributed by atoms with van der Waals surface area (Å²) in [6.45, 7) is 4.73. The molecule has 156 valence electrons. The van der Waals surface area contributed by atoms with Gasteiger partial charge in [-0.05, 0) is 38.1 Å². The van der Waals surface area contributed by atoms with Crippen LogP contribution in [-0.4, -0.2) is 37.9 Å². The zero-order valence-corrected chi connectivity index (χ0v) is 16.9. The first-order valence-electron chi connectivity index (χ1n) is 9.79. The summed E-state index contributed by atoms with van der Waals surface area (Å²) in [5.41, 5.74) is 2.50. The molecule has 2 aliphatic heterocycles. The molecule has 0 saturated heterocycles. The predicted octanol–water partition coefficient (Wildman–Crippen LogP) is 2.59. The molecule has 1 atom stereocenters. The van der Waals surface area contributed by atoms with E-state index in [4.69, 9.17) is 4.74 Å². The molecule has 0 radical (unpaired) electrons. The van der Waals surface area contributed by atoms with Gasteiger partial charge in [0.15, 0.2) is 0 Å². The number of ether oxygens (including phenoxy) is 1. The minimum absolute atomic E-state index is 0.119. The third-order valence-corrected chi connectivity index (χ3v) is 5.26. The van der Waals surface area contributed by atoms with Crippen LogP contribution < -0.4 is 5.32 Å². The summed E-state index contributed by atoms with van der Waals surface area (Å²) in [6, 6.07) is 9.74. The molecule has 0 aliphatic carbocycles. The third-order valence-electron chi connectivity index (χ3n) is 5.26. The van der Waals surface area contributed by atoms with Crippen molar-refractivity contribution in [2.45, 2.75) is 32.2 Å².